The predicted molar refractivity (Wildman–Crippen MR) is 113 cm³/mol. The van der Waals surface area contributed by atoms with Gasteiger partial charge in [0.15, 0.2) is 0 Å². The van der Waals surface area contributed by atoms with E-state index in [-0.39, 0.29) is 5.54 Å². The van der Waals surface area contributed by atoms with Crippen LogP contribution in [0, 0.1) is 5.41 Å². The third-order valence-corrected chi connectivity index (χ3v) is 8.63. The minimum absolute atomic E-state index is 0.123. The molecule has 1 fully saturated rings. The van der Waals surface area contributed by atoms with Crippen molar-refractivity contribution in [1.82, 2.24) is 9.47 Å². The van der Waals surface area contributed by atoms with Gasteiger partial charge in [0.1, 0.15) is 0 Å². The first kappa shape index (κ1) is 17.8. The number of benzene rings is 1. The molecule has 0 bridgehead atoms. The van der Waals surface area contributed by atoms with Gasteiger partial charge in [0.25, 0.3) is 0 Å². The summed E-state index contributed by atoms with van der Waals surface area (Å²) in [6.45, 7) is 9.52. The summed E-state index contributed by atoms with van der Waals surface area (Å²) < 4.78 is 2.73. The molecular weight excluding hydrogens is 330 g/mol. The number of hydrogen-bond donors (Lipinski definition) is 1. The molecule has 1 saturated heterocycles. The number of fused-ring (bicyclic) bond motifs is 3. The molecule has 1 unspecified atom stereocenters. The van der Waals surface area contributed by atoms with E-state index in [9.17, 15) is 0 Å². The Morgan fingerprint density at radius 1 is 1.15 bits per heavy atom. The topological polar surface area (TPSA) is 34.2 Å². The van der Waals surface area contributed by atoms with E-state index in [1.165, 1.54) is 56.1 Å². The van der Waals surface area contributed by atoms with Gasteiger partial charge in [0.05, 0.1) is 12.1 Å². The van der Waals surface area contributed by atoms with Crippen LogP contribution in [0.25, 0.3) is 10.9 Å². The quantitative estimate of drug-likeness (QED) is 0.809. The van der Waals surface area contributed by atoms with E-state index < -0.39 is 0 Å². The lowest BCUT2D eigenvalue weighted by atomic mass is 9.60. The lowest BCUT2D eigenvalue weighted by molar-refractivity contribution is -0.0468. The maximum Gasteiger partial charge on any atom is 0.0561 e. The summed E-state index contributed by atoms with van der Waals surface area (Å²) in [6, 6.07) is 10.1. The van der Waals surface area contributed by atoms with Gasteiger partial charge >= 0.3 is 0 Å². The molecule has 0 radical (unpaired) electrons. The van der Waals surface area contributed by atoms with E-state index in [2.05, 4.69) is 54.5 Å². The third kappa shape index (κ3) is 2.22. The molecule has 4 heterocycles. The van der Waals surface area contributed by atoms with E-state index in [0.717, 1.165) is 12.8 Å². The van der Waals surface area contributed by atoms with Crippen molar-refractivity contribution in [3.63, 3.8) is 0 Å². The smallest absolute Gasteiger partial charge is 0.0561 e. The van der Waals surface area contributed by atoms with Crippen LogP contribution in [-0.2, 0) is 6.42 Å². The number of nitrogens with zero attached hydrogens (tertiary/aromatic N) is 2. The lowest BCUT2D eigenvalue weighted by Gasteiger charge is -2.59. The zero-order valence-electron chi connectivity index (χ0n) is 17.3. The molecule has 0 amide bonds. The van der Waals surface area contributed by atoms with Crippen molar-refractivity contribution >= 4 is 10.9 Å². The summed E-state index contributed by atoms with van der Waals surface area (Å²) >= 11 is 0. The van der Waals surface area contributed by atoms with Crippen molar-refractivity contribution in [3.8, 4) is 0 Å². The molecule has 2 aromatic rings. The SMILES string of the molecule is CCC(N)(CC)C1C[C@]2(CC)CCCN3CCc4c(n1c1ccccc41)[C@@H]32. The van der Waals surface area contributed by atoms with Crippen LogP contribution < -0.4 is 5.73 Å². The van der Waals surface area contributed by atoms with Crippen LogP contribution in [0.4, 0.5) is 0 Å². The molecule has 1 aromatic heterocycles. The van der Waals surface area contributed by atoms with Gasteiger partial charge in [0.2, 0.25) is 0 Å². The highest BCUT2D eigenvalue weighted by molar-refractivity contribution is 5.86. The minimum Gasteiger partial charge on any atom is -0.338 e. The van der Waals surface area contributed by atoms with Gasteiger partial charge in [-0.1, -0.05) is 39.0 Å². The van der Waals surface area contributed by atoms with Crippen molar-refractivity contribution in [2.24, 2.45) is 11.1 Å². The number of piperidine rings is 1. The van der Waals surface area contributed by atoms with E-state index in [0.29, 0.717) is 17.5 Å². The van der Waals surface area contributed by atoms with Crippen molar-refractivity contribution in [2.45, 2.75) is 83.3 Å². The first-order valence-corrected chi connectivity index (χ1v) is 11.2. The second kappa shape index (κ2) is 6.09. The number of rotatable bonds is 4. The van der Waals surface area contributed by atoms with Gasteiger partial charge in [-0.25, -0.2) is 0 Å². The summed E-state index contributed by atoms with van der Waals surface area (Å²) in [7, 11) is 0. The first-order valence-electron chi connectivity index (χ1n) is 11.2. The summed E-state index contributed by atoms with van der Waals surface area (Å²) in [4.78, 5) is 2.82. The molecular formula is C24H35N3. The van der Waals surface area contributed by atoms with Crippen molar-refractivity contribution in [1.29, 1.82) is 0 Å². The second-order valence-corrected chi connectivity index (χ2v) is 9.42. The van der Waals surface area contributed by atoms with Crippen LogP contribution in [0.3, 0.4) is 0 Å². The highest BCUT2D eigenvalue weighted by atomic mass is 15.2. The van der Waals surface area contributed by atoms with E-state index in [1.807, 2.05) is 0 Å². The Balaban J connectivity index is 1.84. The van der Waals surface area contributed by atoms with Gasteiger partial charge in [-0.15, -0.1) is 0 Å². The number of nitrogens with two attached hydrogens (primary N) is 1. The van der Waals surface area contributed by atoms with Crippen molar-refractivity contribution < 1.29 is 0 Å². The fraction of sp³-hybridized carbons (Fsp3) is 0.667. The molecule has 0 saturated carbocycles. The largest absolute Gasteiger partial charge is 0.338 e. The Morgan fingerprint density at radius 3 is 2.67 bits per heavy atom. The van der Waals surface area contributed by atoms with Crippen LogP contribution in [0.1, 0.15) is 82.6 Å². The Hall–Kier alpha value is -1.32. The highest BCUT2D eigenvalue weighted by Gasteiger charge is 2.55. The second-order valence-electron chi connectivity index (χ2n) is 9.42. The van der Waals surface area contributed by atoms with Crippen molar-refractivity contribution in [3.05, 3.63) is 35.5 Å². The zero-order chi connectivity index (χ0) is 18.8. The Labute approximate surface area is 163 Å². The molecule has 3 atom stereocenters. The van der Waals surface area contributed by atoms with Crippen LogP contribution >= 0.6 is 0 Å². The molecule has 5 rings (SSSR count). The molecule has 27 heavy (non-hydrogen) atoms. The monoisotopic (exact) mass is 365 g/mol. The van der Waals surface area contributed by atoms with E-state index in [1.54, 1.807) is 11.3 Å². The van der Waals surface area contributed by atoms with Crippen molar-refractivity contribution in [2.75, 3.05) is 13.1 Å². The Morgan fingerprint density at radius 2 is 1.93 bits per heavy atom. The summed E-state index contributed by atoms with van der Waals surface area (Å²) in [5.41, 5.74) is 12.1. The molecule has 1 aromatic carbocycles. The highest BCUT2D eigenvalue weighted by Crippen LogP contribution is 2.61. The fourth-order valence-electron chi connectivity index (χ4n) is 6.88. The molecule has 3 aliphatic rings. The van der Waals surface area contributed by atoms with Gasteiger partial charge in [-0.2, -0.15) is 0 Å². The van der Waals surface area contributed by atoms with E-state index in [4.69, 9.17) is 5.73 Å². The molecule has 3 heteroatoms. The van der Waals surface area contributed by atoms with Crippen LogP contribution in [-0.4, -0.2) is 28.1 Å². The maximum atomic E-state index is 7.14. The third-order valence-electron chi connectivity index (χ3n) is 8.63. The summed E-state index contributed by atoms with van der Waals surface area (Å²) in [5, 5.41) is 1.49. The van der Waals surface area contributed by atoms with Gasteiger partial charge in [-0.05, 0) is 68.5 Å². The Bertz CT molecular complexity index is 862. The lowest BCUT2D eigenvalue weighted by Crippen LogP contribution is -2.58. The molecule has 2 N–H and O–H groups in total. The average Bonchev–Trinajstić information content (AvgIpc) is 3.07. The normalized spacial score (nSPS) is 30.5. The minimum atomic E-state index is -0.123. The summed E-state index contributed by atoms with van der Waals surface area (Å²) in [5.74, 6) is 0. The number of aromatic nitrogens is 1. The van der Waals surface area contributed by atoms with Crippen LogP contribution in [0.2, 0.25) is 0 Å². The molecule has 3 aliphatic heterocycles. The number of hydrogen-bond acceptors (Lipinski definition) is 2. The summed E-state index contributed by atoms with van der Waals surface area (Å²) in [6.07, 6.45) is 8.52. The average molecular weight is 366 g/mol. The molecule has 0 aliphatic carbocycles. The van der Waals surface area contributed by atoms with Gasteiger partial charge < -0.3 is 10.3 Å². The first-order chi connectivity index (χ1) is 13.1. The molecule has 0 spiro atoms. The maximum absolute atomic E-state index is 7.14. The fourth-order valence-corrected chi connectivity index (χ4v) is 6.88. The van der Waals surface area contributed by atoms with E-state index >= 15 is 0 Å². The van der Waals surface area contributed by atoms with Crippen LogP contribution in [0.5, 0.6) is 0 Å². The van der Waals surface area contributed by atoms with Gasteiger partial charge in [0, 0.05) is 28.7 Å². The molecule has 146 valence electrons. The zero-order valence-corrected chi connectivity index (χ0v) is 17.3. The number of para-hydroxylation sites is 1. The van der Waals surface area contributed by atoms with Gasteiger partial charge in [-0.3, -0.25) is 4.90 Å². The standard InChI is InChI=1S/C24H35N3/c1-4-23-13-9-14-26-15-12-18-17-10-7-8-11-19(17)27(21(18)22(23)26)20(16-23)24(25,5-2)6-3/h7-8,10-11,20,22H,4-6,9,12-16,25H2,1-3H3/t20?,22-,23+/m1/s1. The van der Waals surface area contributed by atoms with Crippen LogP contribution in [0.15, 0.2) is 24.3 Å². The molecule has 3 nitrogen and oxygen atoms in total. The predicted octanol–water partition coefficient (Wildman–Crippen LogP) is 5.19. The Kier molecular flexibility index (Phi) is 4.00.